The smallest absolute Gasteiger partial charge is 0.316 e. The van der Waals surface area contributed by atoms with E-state index in [1.165, 1.54) is 0 Å². The molecule has 0 amide bonds. The Morgan fingerprint density at radius 2 is 1.92 bits per heavy atom. The van der Waals surface area contributed by atoms with Crippen molar-refractivity contribution >= 4 is 24.2 Å². The minimum absolute atomic E-state index is 0. The molecule has 0 aliphatic carbocycles. The van der Waals surface area contributed by atoms with Crippen molar-refractivity contribution < 1.29 is 19.4 Å². The second-order valence-corrected chi connectivity index (χ2v) is 6.87. The number of nitrogens with one attached hydrogen (secondary N) is 1. The number of hydrogen-bond acceptors (Lipinski definition) is 5. The van der Waals surface area contributed by atoms with Crippen LogP contribution in [0.25, 0.3) is 0 Å². The largest absolute Gasteiger partial charge is 0.462 e. The third-order valence-corrected chi connectivity index (χ3v) is 5.38. The van der Waals surface area contributed by atoms with Crippen molar-refractivity contribution in [2.24, 2.45) is 0 Å². The number of aliphatic hydroxyl groups excluding tert-OH is 1. The molecule has 0 aromatic heterocycles. The van der Waals surface area contributed by atoms with Gasteiger partial charge in [-0.25, -0.2) is 0 Å². The van der Waals surface area contributed by atoms with E-state index < -0.39 is 5.92 Å². The SMILES string of the molecule is CC(=N)N1C2CC(OC(=O)C(CO)c3ccccc3)CC1C1OC12.Cl. The maximum Gasteiger partial charge on any atom is 0.316 e. The van der Waals surface area contributed by atoms with Crippen LogP contribution in [0.3, 0.4) is 0 Å². The highest BCUT2D eigenvalue weighted by Crippen LogP contribution is 2.49. The van der Waals surface area contributed by atoms with Crippen LogP contribution in [0.1, 0.15) is 31.2 Å². The molecule has 0 spiro atoms. The molecule has 5 atom stereocenters. The van der Waals surface area contributed by atoms with Crippen LogP contribution in [0.2, 0.25) is 0 Å². The topological polar surface area (TPSA) is 86.2 Å². The first-order chi connectivity index (χ1) is 11.6. The predicted molar refractivity (Wildman–Crippen MR) is 94.1 cm³/mol. The maximum absolute atomic E-state index is 12.5. The van der Waals surface area contributed by atoms with Crippen molar-refractivity contribution in [3.05, 3.63) is 35.9 Å². The zero-order chi connectivity index (χ0) is 16.8. The van der Waals surface area contributed by atoms with Gasteiger partial charge < -0.3 is 19.5 Å². The first-order valence-electron chi connectivity index (χ1n) is 8.45. The van der Waals surface area contributed by atoms with Crippen LogP contribution in [0, 0.1) is 5.41 Å². The van der Waals surface area contributed by atoms with Gasteiger partial charge in [0.25, 0.3) is 0 Å². The van der Waals surface area contributed by atoms with E-state index in [1.54, 1.807) is 6.92 Å². The Morgan fingerprint density at radius 3 is 2.44 bits per heavy atom. The Balaban J connectivity index is 0.00000182. The van der Waals surface area contributed by atoms with Crippen molar-refractivity contribution in [2.75, 3.05) is 6.61 Å². The van der Waals surface area contributed by atoms with Gasteiger partial charge in [-0.1, -0.05) is 30.3 Å². The third-order valence-electron chi connectivity index (χ3n) is 5.38. The van der Waals surface area contributed by atoms with Gasteiger partial charge in [0.1, 0.15) is 24.2 Å². The van der Waals surface area contributed by atoms with E-state index in [0.717, 1.165) is 5.56 Å². The lowest BCUT2D eigenvalue weighted by molar-refractivity contribution is -0.155. The molecule has 25 heavy (non-hydrogen) atoms. The van der Waals surface area contributed by atoms with E-state index in [9.17, 15) is 9.90 Å². The molecule has 3 saturated heterocycles. The Hall–Kier alpha value is -1.63. The van der Waals surface area contributed by atoms with Gasteiger partial charge in [-0.3, -0.25) is 10.2 Å². The van der Waals surface area contributed by atoms with Crippen LogP contribution in [0.15, 0.2) is 30.3 Å². The molecule has 136 valence electrons. The number of morpholine rings is 1. The van der Waals surface area contributed by atoms with Crippen molar-refractivity contribution in [1.82, 2.24) is 4.90 Å². The maximum atomic E-state index is 12.5. The van der Waals surface area contributed by atoms with Crippen LogP contribution < -0.4 is 0 Å². The molecule has 6 nitrogen and oxygen atoms in total. The number of nitrogens with zero attached hydrogens (tertiary/aromatic N) is 1. The number of piperidine rings is 1. The van der Waals surface area contributed by atoms with Crippen LogP contribution >= 0.6 is 12.4 Å². The van der Waals surface area contributed by atoms with Crippen LogP contribution in [-0.4, -0.2) is 58.8 Å². The van der Waals surface area contributed by atoms with Gasteiger partial charge in [-0.15, -0.1) is 12.4 Å². The number of esters is 1. The summed E-state index contributed by atoms with van der Waals surface area (Å²) in [7, 11) is 0. The zero-order valence-corrected chi connectivity index (χ0v) is 14.8. The van der Waals surface area contributed by atoms with Gasteiger partial charge >= 0.3 is 5.97 Å². The minimum atomic E-state index is -0.642. The standard InChI is InChI=1S/C18H22N2O4.ClH/c1-10(19)20-14-7-12(8-15(20)17-16(14)24-17)23-18(22)13(9-21)11-5-3-2-4-6-11;/h2-6,12-17,19,21H,7-9H2,1H3;1H. The van der Waals surface area contributed by atoms with Gasteiger partial charge in [-0.05, 0) is 12.5 Å². The first-order valence-corrected chi connectivity index (χ1v) is 8.45. The fourth-order valence-corrected chi connectivity index (χ4v) is 4.29. The fraction of sp³-hybridized carbons (Fsp3) is 0.556. The predicted octanol–water partition coefficient (Wildman–Crippen LogP) is 1.71. The summed E-state index contributed by atoms with van der Waals surface area (Å²) in [4.78, 5) is 14.6. The second-order valence-electron chi connectivity index (χ2n) is 6.87. The number of carbonyl (C=O) groups excluding carboxylic acids is 1. The zero-order valence-electron chi connectivity index (χ0n) is 14.0. The number of epoxide rings is 1. The summed E-state index contributed by atoms with van der Waals surface area (Å²) in [5.41, 5.74) is 0.770. The number of rotatable bonds is 4. The summed E-state index contributed by atoms with van der Waals surface area (Å²) >= 11 is 0. The molecule has 3 aliphatic heterocycles. The lowest BCUT2D eigenvalue weighted by Gasteiger charge is -2.41. The van der Waals surface area contributed by atoms with Crippen molar-refractivity contribution in [3.8, 4) is 0 Å². The van der Waals surface area contributed by atoms with Crippen molar-refractivity contribution in [1.29, 1.82) is 5.41 Å². The number of ether oxygens (including phenoxy) is 2. The summed E-state index contributed by atoms with van der Waals surface area (Å²) in [6, 6.07) is 9.50. The number of hydrogen-bond donors (Lipinski definition) is 2. The molecule has 3 fully saturated rings. The average Bonchev–Trinajstić information content (AvgIpc) is 3.32. The van der Waals surface area contributed by atoms with Gasteiger partial charge in [-0.2, -0.15) is 0 Å². The summed E-state index contributed by atoms with van der Waals surface area (Å²) in [5.74, 6) is -0.456. The number of aliphatic hydroxyl groups is 1. The fourth-order valence-electron chi connectivity index (χ4n) is 4.29. The first kappa shape index (κ1) is 18.2. The summed E-state index contributed by atoms with van der Waals surface area (Å²) in [6.45, 7) is 1.54. The van der Waals surface area contributed by atoms with E-state index in [2.05, 4.69) is 4.90 Å². The summed E-state index contributed by atoms with van der Waals surface area (Å²) < 4.78 is 11.4. The lowest BCUT2D eigenvalue weighted by Crippen LogP contribution is -2.52. The lowest BCUT2D eigenvalue weighted by atomic mass is 9.97. The highest BCUT2D eigenvalue weighted by molar-refractivity contribution is 5.85. The molecule has 3 heterocycles. The van der Waals surface area contributed by atoms with E-state index in [1.807, 2.05) is 30.3 Å². The van der Waals surface area contributed by atoms with Gasteiger partial charge in [0.2, 0.25) is 0 Å². The molecule has 7 heteroatoms. The van der Waals surface area contributed by atoms with Gasteiger partial charge in [0.15, 0.2) is 0 Å². The molecule has 1 aromatic rings. The van der Waals surface area contributed by atoms with E-state index in [0.29, 0.717) is 18.7 Å². The monoisotopic (exact) mass is 366 g/mol. The molecule has 0 saturated carbocycles. The van der Waals surface area contributed by atoms with Crippen LogP contribution in [0.4, 0.5) is 0 Å². The Labute approximate surface area is 153 Å². The molecular weight excluding hydrogens is 344 g/mol. The van der Waals surface area contributed by atoms with E-state index >= 15 is 0 Å². The van der Waals surface area contributed by atoms with Crippen LogP contribution in [-0.2, 0) is 14.3 Å². The number of halogens is 1. The molecule has 0 radical (unpaired) electrons. The number of benzene rings is 1. The molecule has 1 aromatic carbocycles. The normalized spacial score (nSPS) is 33.0. The molecule has 5 unspecified atom stereocenters. The minimum Gasteiger partial charge on any atom is -0.462 e. The Kier molecular flexibility index (Phi) is 5.04. The highest BCUT2D eigenvalue weighted by atomic mass is 35.5. The summed E-state index contributed by atoms with van der Waals surface area (Å²) in [5, 5.41) is 17.5. The Morgan fingerprint density at radius 1 is 1.32 bits per heavy atom. The summed E-state index contributed by atoms with van der Waals surface area (Å²) in [6.07, 6.45) is 1.57. The number of fused-ring (bicyclic) bond motifs is 5. The number of carbonyl (C=O) groups is 1. The highest BCUT2D eigenvalue weighted by Gasteiger charge is 2.64. The second kappa shape index (κ2) is 6.94. The van der Waals surface area contributed by atoms with Gasteiger partial charge in [0, 0.05) is 12.8 Å². The molecule has 2 bridgehead atoms. The van der Waals surface area contributed by atoms with Crippen molar-refractivity contribution in [2.45, 2.75) is 56.1 Å². The van der Waals surface area contributed by atoms with E-state index in [4.69, 9.17) is 14.9 Å². The third kappa shape index (κ3) is 3.14. The Bertz CT molecular complexity index is 638. The molecule has 4 rings (SSSR count). The van der Waals surface area contributed by atoms with Crippen LogP contribution in [0.5, 0.6) is 0 Å². The van der Waals surface area contributed by atoms with Crippen molar-refractivity contribution in [3.63, 3.8) is 0 Å². The average molecular weight is 367 g/mol. The molecule has 2 N–H and O–H groups in total. The molecule has 3 aliphatic rings. The number of amidine groups is 1. The van der Waals surface area contributed by atoms with E-state index in [-0.39, 0.29) is 55.4 Å². The van der Waals surface area contributed by atoms with Gasteiger partial charge in [0.05, 0.1) is 24.5 Å². The molecular formula is C18H23ClN2O4. The quantitative estimate of drug-likeness (QED) is 0.366.